The lowest BCUT2D eigenvalue weighted by Crippen LogP contribution is -2.21. The molecule has 0 spiro atoms. The van der Waals surface area contributed by atoms with Gasteiger partial charge < -0.3 is 10.1 Å². The largest absolute Gasteiger partial charge is 0.487 e. The minimum Gasteiger partial charge on any atom is -0.487 e. The molecule has 0 bridgehead atoms. The van der Waals surface area contributed by atoms with Gasteiger partial charge in [0, 0.05) is 26.8 Å². The molecule has 0 aliphatic carbocycles. The third-order valence-corrected chi connectivity index (χ3v) is 4.51. The van der Waals surface area contributed by atoms with Gasteiger partial charge in [0.1, 0.15) is 12.4 Å². The van der Waals surface area contributed by atoms with Gasteiger partial charge in [0.05, 0.1) is 5.02 Å². The highest BCUT2D eigenvalue weighted by atomic mass is 79.9. The molecule has 0 amide bonds. The monoisotopic (exact) mass is 373 g/mol. The number of nitrogens with one attached hydrogen (secondary N) is 1. The summed E-state index contributed by atoms with van der Waals surface area (Å²) in [7, 11) is 0. The molecule has 0 fully saturated rings. The first kappa shape index (κ1) is 15.8. The zero-order chi connectivity index (χ0) is 14.5. The summed E-state index contributed by atoms with van der Waals surface area (Å²) >= 11 is 11.3. The van der Waals surface area contributed by atoms with Crippen molar-refractivity contribution in [1.29, 1.82) is 0 Å². The third-order valence-electron chi connectivity index (χ3n) is 2.67. The van der Waals surface area contributed by atoms with E-state index in [2.05, 4.69) is 47.2 Å². The van der Waals surface area contributed by atoms with Crippen molar-refractivity contribution >= 4 is 38.9 Å². The van der Waals surface area contributed by atoms with E-state index in [9.17, 15) is 0 Å². The Kier molecular flexibility index (Phi) is 5.90. The number of ether oxygens (including phenoxy) is 1. The normalized spacial score (nSPS) is 11.1. The zero-order valence-corrected chi connectivity index (χ0v) is 14.6. The molecular formula is C15H17BrClNOS. The highest BCUT2D eigenvalue weighted by Crippen LogP contribution is 2.29. The highest BCUT2D eigenvalue weighted by Gasteiger charge is 2.05. The standard InChI is InChI=1S/C15H17BrClNOS/c1-10(2)18-8-12-4-5-13(20-12)9-19-15-6-3-11(16)7-14(15)17/h3-7,10,18H,8-9H2,1-2H3. The third kappa shape index (κ3) is 4.77. The number of rotatable bonds is 6. The van der Waals surface area contributed by atoms with Crippen LogP contribution in [0.25, 0.3) is 0 Å². The second-order valence-corrected chi connectivity index (χ2v) is 7.34. The Bertz CT molecular complexity index is 571. The van der Waals surface area contributed by atoms with E-state index in [1.54, 1.807) is 11.3 Å². The number of thiophene rings is 1. The predicted molar refractivity (Wildman–Crippen MR) is 89.8 cm³/mol. The van der Waals surface area contributed by atoms with E-state index in [1.807, 2.05) is 18.2 Å². The van der Waals surface area contributed by atoms with Crippen LogP contribution in [0.3, 0.4) is 0 Å². The predicted octanol–water partition coefficient (Wildman–Crippen LogP) is 5.24. The molecule has 0 saturated heterocycles. The van der Waals surface area contributed by atoms with E-state index in [0.717, 1.165) is 11.0 Å². The summed E-state index contributed by atoms with van der Waals surface area (Å²) in [5.41, 5.74) is 0. The van der Waals surface area contributed by atoms with E-state index >= 15 is 0 Å². The maximum atomic E-state index is 6.12. The van der Waals surface area contributed by atoms with Gasteiger partial charge in [-0.15, -0.1) is 11.3 Å². The molecule has 0 radical (unpaired) electrons. The lowest BCUT2D eigenvalue weighted by Gasteiger charge is -2.07. The Balaban J connectivity index is 1.90. The summed E-state index contributed by atoms with van der Waals surface area (Å²) < 4.78 is 6.71. The van der Waals surface area contributed by atoms with Crippen molar-refractivity contribution in [2.24, 2.45) is 0 Å². The van der Waals surface area contributed by atoms with E-state index in [0.29, 0.717) is 23.4 Å². The number of halogens is 2. The van der Waals surface area contributed by atoms with Gasteiger partial charge in [0.15, 0.2) is 0 Å². The molecule has 0 aliphatic heterocycles. The second-order valence-electron chi connectivity index (χ2n) is 4.77. The average molecular weight is 375 g/mol. The molecule has 0 saturated carbocycles. The van der Waals surface area contributed by atoms with Crippen LogP contribution in [0.1, 0.15) is 23.6 Å². The summed E-state index contributed by atoms with van der Waals surface area (Å²) in [5, 5.41) is 4.03. The summed E-state index contributed by atoms with van der Waals surface area (Å²) in [6.07, 6.45) is 0. The minimum atomic E-state index is 0.498. The van der Waals surface area contributed by atoms with Crippen molar-refractivity contribution in [3.63, 3.8) is 0 Å². The molecule has 1 aromatic carbocycles. The summed E-state index contributed by atoms with van der Waals surface area (Å²) in [6, 6.07) is 10.4. The molecular weight excluding hydrogens is 358 g/mol. The molecule has 0 unspecified atom stereocenters. The molecule has 2 nitrogen and oxygen atoms in total. The summed E-state index contributed by atoms with van der Waals surface area (Å²) in [5.74, 6) is 0.713. The van der Waals surface area contributed by atoms with E-state index in [4.69, 9.17) is 16.3 Å². The Morgan fingerprint density at radius 2 is 2.00 bits per heavy atom. The van der Waals surface area contributed by atoms with E-state index < -0.39 is 0 Å². The van der Waals surface area contributed by atoms with Crippen molar-refractivity contribution in [2.75, 3.05) is 0 Å². The first-order chi connectivity index (χ1) is 9.54. The van der Waals surface area contributed by atoms with Gasteiger partial charge in [-0.3, -0.25) is 0 Å². The molecule has 1 aromatic heterocycles. The van der Waals surface area contributed by atoms with Crippen LogP contribution in [0.2, 0.25) is 5.02 Å². The molecule has 1 N–H and O–H groups in total. The topological polar surface area (TPSA) is 21.3 Å². The quantitative estimate of drug-likeness (QED) is 0.746. The van der Waals surface area contributed by atoms with E-state index in [1.165, 1.54) is 9.75 Å². The fourth-order valence-electron chi connectivity index (χ4n) is 1.64. The minimum absolute atomic E-state index is 0.498. The van der Waals surface area contributed by atoms with Crippen molar-refractivity contribution < 1.29 is 4.74 Å². The van der Waals surface area contributed by atoms with Crippen molar-refractivity contribution in [1.82, 2.24) is 5.32 Å². The number of hydrogen-bond acceptors (Lipinski definition) is 3. The SMILES string of the molecule is CC(C)NCc1ccc(COc2ccc(Br)cc2Cl)s1. The lowest BCUT2D eigenvalue weighted by molar-refractivity contribution is 0.310. The summed E-state index contributed by atoms with van der Waals surface area (Å²) in [4.78, 5) is 2.52. The molecule has 0 atom stereocenters. The van der Waals surface area contributed by atoms with Crippen molar-refractivity contribution in [3.8, 4) is 5.75 Å². The van der Waals surface area contributed by atoms with Crippen LogP contribution < -0.4 is 10.1 Å². The van der Waals surface area contributed by atoms with Gasteiger partial charge in [0.2, 0.25) is 0 Å². The lowest BCUT2D eigenvalue weighted by atomic mass is 10.3. The van der Waals surface area contributed by atoms with Gasteiger partial charge in [-0.1, -0.05) is 41.4 Å². The molecule has 2 rings (SSSR count). The molecule has 2 aromatic rings. The highest BCUT2D eigenvalue weighted by molar-refractivity contribution is 9.10. The maximum Gasteiger partial charge on any atom is 0.138 e. The molecule has 1 heterocycles. The first-order valence-corrected chi connectivity index (χ1v) is 8.42. The molecule has 0 aliphatic rings. The second kappa shape index (κ2) is 7.46. The molecule has 5 heteroatoms. The fourth-order valence-corrected chi connectivity index (χ4v) is 3.25. The van der Waals surface area contributed by atoms with Gasteiger partial charge >= 0.3 is 0 Å². The summed E-state index contributed by atoms with van der Waals surface area (Å²) in [6.45, 7) is 5.75. The van der Waals surface area contributed by atoms with Gasteiger partial charge in [-0.05, 0) is 30.3 Å². The van der Waals surface area contributed by atoms with Gasteiger partial charge in [0.25, 0.3) is 0 Å². The van der Waals surface area contributed by atoms with Crippen molar-refractivity contribution in [2.45, 2.75) is 33.0 Å². The Hall–Kier alpha value is -0.550. The van der Waals surface area contributed by atoms with Crippen LogP contribution in [-0.2, 0) is 13.2 Å². The van der Waals surface area contributed by atoms with E-state index in [-0.39, 0.29) is 0 Å². The molecule has 20 heavy (non-hydrogen) atoms. The van der Waals surface area contributed by atoms with Crippen LogP contribution in [0.15, 0.2) is 34.8 Å². The zero-order valence-electron chi connectivity index (χ0n) is 11.5. The Morgan fingerprint density at radius 3 is 2.70 bits per heavy atom. The number of hydrogen-bond donors (Lipinski definition) is 1. The molecule has 108 valence electrons. The van der Waals surface area contributed by atoms with Crippen LogP contribution in [0.4, 0.5) is 0 Å². The van der Waals surface area contributed by atoms with Crippen LogP contribution in [0, 0.1) is 0 Å². The van der Waals surface area contributed by atoms with Gasteiger partial charge in [-0.2, -0.15) is 0 Å². The smallest absolute Gasteiger partial charge is 0.138 e. The van der Waals surface area contributed by atoms with Crippen LogP contribution in [-0.4, -0.2) is 6.04 Å². The van der Waals surface area contributed by atoms with Crippen molar-refractivity contribution in [3.05, 3.63) is 49.6 Å². The number of benzene rings is 1. The van der Waals surface area contributed by atoms with Crippen LogP contribution >= 0.6 is 38.9 Å². The average Bonchev–Trinajstić information content (AvgIpc) is 2.83. The first-order valence-electron chi connectivity index (χ1n) is 6.43. The van der Waals surface area contributed by atoms with Gasteiger partial charge in [-0.25, -0.2) is 0 Å². The van der Waals surface area contributed by atoms with Crippen LogP contribution in [0.5, 0.6) is 5.75 Å². The Labute approximate surface area is 137 Å². The fraction of sp³-hybridized carbons (Fsp3) is 0.333. The Morgan fingerprint density at radius 1 is 1.25 bits per heavy atom. The maximum absolute atomic E-state index is 6.12.